The first-order valence-corrected chi connectivity index (χ1v) is 6.68. The molecule has 17 heavy (non-hydrogen) atoms. The SMILES string of the molecule is CCCCN=C(CCc1ccccc1)NCC. The second kappa shape index (κ2) is 8.80. The van der Waals surface area contributed by atoms with Crippen LogP contribution in [0.15, 0.2) is 35.3 Å². The van der Waals surface area contributed by atoms with E-state index < -0.39 is 0 Å². The van der Waals surface area contributed by atoms with Crippen LogP contribution in [0.5, 0.6) is 0 Å². The van der Waals surface area contributed by atoms with Gasteiger partial charge in [0.05, 0.1) is 5.84 Å². The molecule has 0 heterocycles. The van der Waals surface area contributed by atoms with E-state index in [4.69, 9.17) is 0 Å². The molecule has 1 N–H and O–H groups in total. The van der Waals surface area contributed by atoms with Gasteiger partial charge >= 0.3 is 0 Å². The predicted octanol–water partition coefficient (Wildman–Crippen LogP) is 3.43. The summed E-state index contributed by atoms with van der Waals surface area (Å²) < 4.78 is 0. The van der Waals surface area contributed by atoms with Crippen LogP contribution in [0.25, 0.3) is 0 Å². The molecule has 0 aliphatic heterocycles. The molecule has 0 fully saturated rings. The summed E-state index contributed by atoms with van der Waals surface area (Å²) in [7, 11) is 0. The maximum atomic E-state index is 4.62. The summed E-state index contributed by atoms with van der Waals surface area (Å²) in [4.78, 5) is 4.62. The molecule has 2 heteroatoms. The molecule has 94 valence electrons. The number of nitrogens with zero attached hydrogens (tertiary/aromatic N) is 1. The molecular formula is C15H24N2. The third-order valence-electron chi connectivity index (χ3n) is 2.69. The highest BCUT2D eigenvalue weighted by Crippen LogP contribution is 2.03. The topological polar surface area (TPSA) is 24.4 Å². The quantitative estimate of drug-likeness (QED) is 0.435. The van der Waals surface area contributed by atoms with Gasteiger partial charge in [0.25, 0.3) is 0 Å². The fourth-order valence-corrected chi connectivity index (χ4v) is 1.71. The molecule has 0 saturated heterocycles. The van der Waals surface area contributed by atoms with Crippen molar-refractivity contribution in [1.29, 1.82) is 0 Å². The molecule has 0 bridgehead atoms. The Hall–Kier alpha value is -1.31. The lowest BCUT2D eigenvalue weighted by molar-refractivity contribution is 0.791. The number of hydrogen-bond acceptors (Lipinski definition) is 1. The molecule has 0 aliphatic carbocycles. The second-order valence-corrected chi connectivity index (χ2v) is 4.20. The zero-order valence-corrected chi connectivity index (χ0v) is 11.1. The summed E-state index contributed by atoms with van der Waals surface area (Å²) in [5, 5.41) is 3.36. The summed E-state index contributed by atoms with van der Waals surface area (Å²) >= 11 is 0. The summed E-state index contributed by atoms with van der Waals surface area (Å²) in [5.41, 5.74) is 1.38. The lowest BCUT2D eigenvalue weighted by Crippen LogP contribution is -2.24. The number of unbranched alkanes of at least 4 members (excludes halogenated alkanes) is 1. The molecule has 1 rings (SSSR count). The molecule has 0 amide bonds. The second-order valence-electron chi connectivity index (χ2n) is 4.20. The Morgan fingerprint density at radius 1 is 1.18 bits per heavy atom. The number of hydrogen-bond donors (Lipinski definition) is 1. The third-order valence-corrected chi connectivity index (χ3v) is 2.69. The summed E-state index contributed by atoms with van der Waals surface area (Å²) in [6.07, 6.45) is 4.47. The molecule has 0 radical (unpaired) electrons. The number of rotatable bonds is 7. The minimum absolute atomic E-state index is 0.952. The number of aryl methyl sites for hydroxylation is 1. The Labute approximate surface area is 105 Å². The predicted molar refractivity (Wildman–Crippen MR) is 75.6 cm³/mol. The van der Waals surface area contributed by atoms with E-state index in [1.807, 2.05) is 0 Å². The Balaban J connectivity index is 2.41. The highest BCUT2D eigenvalue weighted by atomic mass is 15.0. The molecule has 0 unspecified atom stereocenters. The van der Waals surface area contributed by atoms with Gasteiger partial charge in [0.1, 0.15) is 0 Å². The molecule has 0 spiro atoms. The standard InChI is InChI=1S/C15H24N2/c1-3-5-13-17-15(16-4-2)12-11-14-9-7-6-8-10-14/h6-10H,3-5,11-13H2,1-2H3,(H,16,17). The van der Waals surface area contributed by atoms with Gasteiger partial charge in [-0.1, -0.05) is 43.7 Å². The van der Waals surface area contributed by atoms with Crippen molar-refractivity contribution >= 4 is 5.84 Å². The van der Waals surface area contributed by atoms with Gasteiger partial charge in [-0.3, -0.25) is 4.99 Å². The van der Waals surface area contributed by atoms with Crippen molar-refractivity contribution in [2.45, 2.75) is 39.5 Å². The molecule has 1 aromatic rings. The smallest absolute Gasteiger partial charge is 0.0966 e. The van der Waals surface area contributed by atoms with Gasteiger partial charge in [-0.05, 0) is 25.3 Å². The maximum Gasteiger partial charge on any atom is 0.0966 e. The van der Waals surface area contributed by atoms with Crippen LogP contribution in [0, 0.1) is 0 Å². The van der Waals surface area contributed by atoms with Gasteiger partial charge in [-0.15, -0.1) is 0 Å². The van der Waals surface area contributed by atoms with Crippen LogP contribution >= 0.6 is 0 Å². The number of benzene rings is 1. The van der Waals surface area contributed by atoms with E-state index in [1.54, 1.807) is 0 Å². The Kier molecular flexibility index (Phi) is 7.12. The minimum Gasteiger partial charge on any atom is -0.374 e. The molecule has 2 nitrogen and oxygen atoms in total. The molecule has 0 saturated carbocycles. The largest absolute Gasteiger partial charge is 0.374 e. The number of aliphatic imine (C=N–C) groups is 1. The maximum absolute atomic E-state index is 4.62. The van der Waals surface area contributed by atoms with Crippen LogP contribution in [0.4, 0.5) is 0 Å². The molecule has 0 atom stereocenters. The van der Waals surface area contributed by atoms with E-state index in [0.717, 1.165) is 31.8 Å². The fourth-order valence-electron chi connectivity index (χ4n) is 1.71. The van der Waals surface area contributed by atoms with Crippen LogP contribution in [0.1, 0.15) is 38.7 Å². The molecular weight excluding hydrogens is 208 g/mol. The van der Waals surface area contributed by atoms with Crippen molar-refractivity contribution in [2.24, 2.45) is 4.99 Å². The fraction of sp³-hybridized carbons (Fsp3) is 0.533. The molecule has 0 aromatic heterocycles. The van der Waals surface area contributed by atoms with Gasteiger partial charge in [-0.25, -0.2) is 0 Å². The Bertz CT molecular complexity index is 317. The molecule has 0 aliphatic rings. The van der Waals surface area contributed by atoms with E-state index in [-0.39, 0.29) is 0 Å². The first-order valence-electron chi connectivity index (χ1n) is 6.68. The highest BCUT2D eigenvalue weighted by molar-refractivity contribution is 5.82. The van der Waals surface area contributed by atoms with E-state index in [0.29, 0.717) is 0 Å². The van der Waals surface area contributed by atoms with Crippen molar-refractivity contribution in [2.75, 3.05) is 13.1 Å². The molecule has 1 aromatic carbocycles. The Morgan fingerprint density at radius 2 is 1.94 bits per heavy atom. The average molecular weight is 232 g/mol. The van der Waals surface area contributed by atoms with Crippen molar-refractivity contribution < 1.29 is 0 Å². The van der Waals surface area contributed by atoms with Crippen LogP contribution in [0.2, 0.25) is 0 Å². The van der Waals surface area contributed by atoms with Crippen LogP contribution in [0.3, 0.4) is 0 Å². The normalized spacial score (nSPS) is 11.5. The zero-order chi connectivity index (χ0) is 12.3. The lowest BCUT2D eigenvalue weighted by Gasteiger charge is -2.08. The van der Waals surface area contributed by atoms with Crippen molar-refractivity contribution in [3.05, 3.63) is 35.9 Å². The minimum atomic E-state index is 0.952. The lowest BCUT2D eigenvalue weighted by atomic mass is 10.1. The van der Waals surface area contributed by atoms with Crippen LogP contribution in [-0.4, -0.2) is 18.9 Å². The monoisotopic (exact) mass is 232 g/mol. The van der Waals surface area contributed by atoms with Gasteiger partial charge in [-0.2, -0.15) is 0 Å². The van der Waals surface area contributed by atoms with Gasteiger partial charge in [0.15, 0.2) is 0 Å². The summed E-state index contributed by atoms with van der Waals surface area (Å²) in [6.45, 7) is 6.23. The number of amidine groups is 1. The highest BCUT2D eigenvalue weighted by Gasteiger charge is 1.98. The van der Waals surface area contributed by atoms with Gasteiger partial charge < -0.3 is 5.32 Å². The Morgan fingerprint density at radius 3 is 2.59 bits per heavy atom. The first kappa shape index (κ1) is 13.8. The zero-order valence-electron chi connectivity index (χ0n) is 11.1. The average Bonchev–Trinajstić information content (AvgIpc) is 2.37. The van der Waals surface area contributed by atoms with Gasteiger partial charge in [0, 0.05) is 19.5 Å². The first-order chi connectivity index (χ1) is 8.36. The van der Waals surface area contributed by atoms with Crippen LogP contribution < -0.4 is 5.32 Å². The van der Waals surface area contributed by atoms with Crippen LogP contribution in [-0.2, 0) is 6.42 Å². The van der Waals surface area contributed by atoms with E-state index in [9.17, 15) is 0 Å². The summed E-state index contributed by atoms with van der Waals surface area (Å²) in [6, 6.07) is 10.6. The number of nitrogens with one attached hydrogen (secondary N) is 1. The van der Waals surface area contributed by atoms with Crippen molar-refractivity contribution in [1.82, 2.24) is 5.32 Å². The van der Waals surface area contributed by atoms with Gasteiger partial charge in [0.2, 0.25) is 0 Å². The van der Waals surface area contributed by atoms with E-state index >= 15 is 0 Å². The van der Waals surface area contributed by atoms with E-state index in [2.05, 4.69) is 54.5 Å². The third kappa shape index (κ3) is 6.10. The van der Waals surface area contributed by atoms with E-state index in [1.165, 1.54) is 18.4 Å². The van der Waals surface area contributed by atoms with Crippen molar-refractivity contribution in [3.8, 4) is 0 Å². The van der Waals surface area contributed by atoms with Crippen molar-refractivity contribution in [3.63, 3.8) is 0 Å². The summed E-state index contributed by atoms with van der Waals surface area (Å²) in [5.74, 6) is 1.16.